The van der Waals surface area contributed by atoms with E-state index in [0.29, 0.717) is 21.3 Å². The Hall–Kier alpha value is -1.34. The van der Waals surface area contributed by atoms with Gasteiger partial charge in [0.1, 0.15) is 6.07 Å². The second-order valence-electron chi connectivity index (χ2n) is 3.13. The molecule has 2 rings (SSSR count). The van der Waals surface area contributed by atoms with Crippen molar-refractivity contribution in [2.45, 2.75) is 0 Å². The molecule has 0 fully saturated rings. The molecule has 0 spiro atoms. The third-order valence-electron chi connectivity index (χ3n) is 2.04. The van der Waals surface area contributed by atoms with E-state index in [9.17, 15) is 0 Å². The molecule has 84 valence electrons. The molecule has 0 atom stereocenters. The smallest absolute Gasteiger partial charge is 0.177 e. The Balaban J connectivity index is 2.54. The Labute approximate surface area is 113 Å². The summed E-state index contributed by atoms with van der Waals surface area (Å²) in [6, 6.07) is 6.85. The van der Waals surface area contributed by atoms with Crippen LogP contribution < -0.4 is 0 Å². The van der Waals surface area contributed by atoms with E-state index in [1.807, 2.05) is 6.07 Å². The number of halogens is 3. The molecule has 0 aliphatic carbocycles. The number of hydrogen-bond acceptors (Lipinski definition) is 3. The van der Waals surface area contributed by atoms with Gasteiger partial charge in [-0.15, -0.1) is 0 Å². The monoisotopic (exact) mass is 283 g/mol. The first-order valence-electron chi connectivity index (χ1n) is 4.50. The number of hydrogen-bond donors (Lipinski definition) is 0. The topological polar surface area (TPSA) is 49.6 Å². The highest BCUT2D eigenvalue weighted by atomic mass is 35.5. The van der Waals surface area contributed by atoms with Gasteiger partial charge in [0.15, 0.2) is 10.8 Å². The second-order valence-corrected chi connectivity index (χ2v) is 4.33. The zero-order valence-electron chi connectivity index (χ0n) is 8.28. The molecule has 0 aliphatic heterocycles. The minimum atomic E-state index is 0.0519. The summed E-state index contributed by atoms with van der Waals surface area (Å²) in [6.07, 6.45) is 1.44. The summed E-state index contributed by atoms with van der Waals surface area (Å²) in [5, 5.41) is 9.73. The van der Waals surface area contributed by atoms with Gasteiger partial charge in [-0.1, -0.05) is 34.8 Å². The van der Waals surface area contributed by atoms with Crippen molar-refractivity contribution in [1.29, 1.82) is 5.26 Å². The third kappa shape index (κ3) is 2.50. The highest BCUT2D eigenvalue weighted by molar-refractivity contribution is 6.36. The average molecular weight is 285 g/mol. The number of rotatable bonds is 1. The van der Waals surface area contributed by atoms with Crippen LogP contribution in [0.3, 0.4) is 0 Å². The lowest BCUT2D eigenvalue weighted by atomic mass is 10.1. The third-order valence-corrected chi connectivity index (χ3v) is 2.85. The predicted octanol–water partition coefficient (Wildman–Crippen LogP) is 3.98. The van der Waals surface area contributed by atoms with Crippen LogP contribution in [0.4, 0.5) is 0 Å². The molecule has 0 saturated carbocycles. The van der Waals surface area contributed by atoms with E-state index in [4.69, 9.17) is 40.1 Å². The fraction of sp³-hybridized carbons (Fsp3) is 0. The Bertz CT molecular complexity index is 620. The van der Waals surface area contributed by atoms with Gasteiger partial charge in [-0.25, -0.2) is 9.97 Å². The molecule has 6 heteroatoms. The average Bonchev–Trinajstić information content (AvgIpc) is 2.29. The number of benzene rings is 1. The van der Waals surface area contributed by atoms with Crippen LogP contribution in [0.1, 0.15) is 5.69 Å². The molecule has 1 aromatic carbocycles. The molecule has 0 aliphatic rings. The summed E-state index contributed by atoms with van der Waals surface area (Å²) in [6.45, 7) is 0. The van der Waals surface area contributed by atoms with E-state index in [2.05, 4.69) is 9.97 Å². The molecule has 0 amide bonds. The van der Waals surface area contributed by atoms with Crippen LogP contribution in [-0.4, -0.2) is 9.97 Å². The summed E-state index contributed by atoms with van der Waals surface area (Å²) in [7, 11) is 0. The summed E-state index contributed by atoms with van der Waals surface area (Å²) < 4.78 is 0. The minimum Gasteiger partial charge on any atom is -0.240 e. The zero-order chi connectivity index (χ0) is 12.4. The molecule has 0 N–H and O–H groups in total. The molecule has 0 unspecified atom stereocenters. The largest absolute Gasteiger partial charge is 0.240 e. The summed E-state index contributed by atoms with van der Waals surface area (Å²) >= 11 is 17.6. The Morgan fingerprint density at radius 1 is 1.18 bits per heavy atom. The van der Waals surface area contributed by atoms with Gasteiger partial charge < -0.3 is 0 Å². The van der Waals surface area contributed by atoms with Gasteiger partial charge in [0.2, 0.25) is 0 Å². The molecule has 0 radical (unpaired) electrons. The zero-order valence-corrected chi connectivity index (χ0v) is 10.6. The Morgan fingerprint density at radius 2 is 1.94 bits per heavy atom. The second kappa shape index (κ2) is 4.89. The first-order valence-corrected chi connectivity index (χ1v) is 5.63. The van der Waals surface area contributed by atoms with Gasteiger partial charge in [-0.3, -0.25) is 0 Å². The van der Waals surface area contributed by atoms with Crippen molar-refractivity contribution in [1.82, 2.24) is 9.97 Å². The molecule has 1 aromatic heterocycles. The quantitative estimate of drug-likeness (QED) is 0.796. The van der Waals surface area contributed by atoms with Gasteiger partial charge in [0.25, 0.3) is 0 Å². The van der Waals surface area contributed by atoms with Crippen LogP contribution in [0.25, 0.3) is 11.3 Å². The lowest BCUT2D eigenvalue weighted by molar-refractivity contribution is 1.17. The summed E-state index contributed by atoms with van der Waals surface area (Å²) in [4.78, 5) is 7.95. The molecule has 17 heavy (non-hydrogen) atoms. The van der Waals surface area contributed by atoms with Crippen molar-refractivity contribution < 1.29 is 0 Å². The van der Waals surface area contributed by atoms with Crippen LogP contribution in [-0.2, 0) is 0 Å². The van der Waals surface area contributed by atoms with Gasteiger partial charge >= 0.3 is 0 Å². The SMILES string of the molecule is N#Cc1ncc(-c2ccc(Cl)cc2Cl)nc1Cl. The van der Waals surface area contributed by atoms with Crippen LogP contribution in [0.5, 0.6) is 0 Å². The van der Waals surface area contributed by atoms with E-state index in [-0.39, 0.29) is 10.8 Å². The van der Waals surface area contributed by atoms with Gasteiger partial charge in [-0.2, -0.15) is 5.26 Å². The Kier molecular flexibility index (Phi) is 3.49. The van der Waals surface area contributed by atoms with Crippen molar-refractivity contribution in [3.8, 4) is 17.3 Å². The highest BCUT2D eigenvalue weighted by Crippen LogP contribution is 2.29. The van der Waals surface area contributed by atoms with E-state index in [0.717, 1.165) is 0 Å². The maximum atomic E-state index is 8.69. The molecular formula is C11H4Cl3N3. The van der Waals surface area contributed by atoms with Crippen molar-refractivity contribution >= 4 is 34.8 Å². The molecular weight excluding hydrogens is 281 g/mol. The summed E-state index contributed by atoms with van der Waals surface area (Å²) in [5.41, 5.74) is 1.24. The van der Waals surface area contributed by atoms with Crippen molar-refractivity contribution in [3.05, 3.63) is 45.3 Å². The normalized spacial score (nSPS) is 10.0. The fourth-order valence-corrected chi connectivity index (χ4v) is 1.96. The van der Waals surface area contributed by atoms with Gasteiger partial charge in [0, 0.05) is 10.6 Å². The lowest BCUT2D eigenvalue weighted by Gasteiger charge is -2.04. The maximum Gasteiger partial charge on any atom is 0.177 e. The Morgan fingerprint density at radius 3 is 2.53 bits per heavy atom. The maximum absolute atomic E-state index is 8.69. The van der Waals surface area contributed by atoms with Crippen molar-refractivity contribution in [2.75, 3.05) is 0 Å². The van der Waals surface area contributed by atoms with E-state index in [1.165, 1.54) is 6.20 Å². The molecule has 3 nitrogen and oxygen atoms in total. The van der Waals surface area contributed by atoms with Crippen LogP contribution in [0.2, 0.25) is 15.2 Å². The van der Waals surface area contributed by atoms with Crippen LogP contribution >= 0.6 is 34.8 Å². The predicted molar refractivity (Wildman–Crippen MR) is 67.2 cm³/mol. The van der Waals surface area contributed by atoms with Crippen molar-refractivity contribution in [3.63, 3.8) is 0 Å². The molecule has 1 heterocycles. The first kappa shape index (κ1) is 12.1. The number of nitriles is 1. The summed E-state index contributed by atoms with van der Waals surface area (Å²) in [5.74, 6) is 0. The number of aromatic nitrogens is 2. The van der Waals surface area contributed by atoms with E-state index in [1.54, 1.807) is 18.2 Å². The molecule has 0 bridgehead atoms. The first-order chi connectivity index (χ1) is 8.11. The van der Waals surface area contributed by atoms with E-state index >= 15 is 0 Å². The standard InChI is InChI=1S/C11H4Cl3N3/c12-6-1-2-7(8(13)3-6)10-5-16-9(4-15)11(14)17-10/h1-3,5H. The van der Waals surface area contributed by atoms with E-state index < -0.39 is 0 Å². The van der Waals surface area contributed by atoms with Crippen LogP contribution in [0, 0.1) is 11.3 Å². The van der Waals surface area contributed by atoms with Gasteiger partial charge in [-0.05, 0) is 18.2 Å². The molecule has 2 aromatic rings. The highest BCUT2D eigenvalue weighted by Gasteiger charge is 2.09. The van der Waals surface area contributed by atoms with Crippen molar-refractivity contribution in [2.24, 2.45) is 0 Å². The van der Waals surface area contributed by atoms with Gasteiger partial charge in [0.05, 0.1) is 16.9 Å². The minimum absolute atomic E-state index is 0.0519. The fourth-order valence-electron chi connectivity index (χ4n) is 1.27. The number of nitrogens with zero attached hydrogens (tertiary/aromatic N) is 3. The lowest BCUT2D eigenvalue weighted by Crippen LogP contribution is -1.92. The van der Waals surface area contributed by atoms with Crippen LogP contribution in [0.15, 0.2) is 24.4 Å². The molecule has 0 saturated heterocycles.